The Morgan fingerprint density at radius 3 is 1.61 bits per heavy atom. The van der Waals surface area contributed by atoms with Gasteiger partial charge in [0.15, 0.2) is 0 Å². The summed E-state index contributed by atoms with van der Waals surface area (Å²) in [6, 6.07) is 57.1. The van der Waals surface area contributed by atoms with Gasteiger partial charge in [0.1, 0.15) is 6.33 Å². The summed E-state index contributed by atoms with van der Waals surface area (Å²) in [4.78, 5) is 8.76. The summed E-state index contributed by atoms with van der Waals surface area (Å²) in [7, 11) is 0. The Labute approximate surface area is 295 Å². The lowest BCUT2D eigenvalue weighted by atomic mass is 9.69. The standard InChI is InChI=1S/C49H28N2/c1-2-14-33-32(13-1)31(30-26-50-28-51-27-30)23-24-37(33)48-46-39-19-10-12-29-11-9-18-36(45(29)39)40(46)25-44-47(48)38-17-5-8-22-43(38)49(44)41-20-6-3-15-34(41)35-16-4-7-21-42(35)49/h1-28H. The van der Waals surface area contributed by atoms with Crippen molar-refractivity contribution in [2.45, 2.75) is 5.41 Å². The number of hydrogen-bond donors (Lipinski definition) is 0. The van der Waals surface area contributed by atoms with Gasteiger partial charge in [-0.05, 0) is 111 Å². The minimum absolute atomic E-state index is 0.442. The lowest BCUT2D eigenvalue weighted by molar-refractivity contribution is 0.794. The van der Waals surface area contributed by atoms with E-state index in [1.807, 2.05) is 12.4 Å². The first-order valence-electron chi connectivity index (χ1n) is 17.6. The highest BCUT2D eigenvalue weighted by Crippen LogP contribution is 2.67. The highest BCUT2D eigenvalue weighted by atomic mass is 14.8. The maximum atomic E-state index is 4.38. The van der Waals surface area contributed by atoms with E-state index in [1.165, 1.54) is 99.4 Å². The van der Waals surface area contributed by atoms with E-state index < -0.39 is 5.41 Å². The van der Waals surface area contributed by atoms with E-state index >= 15 is 0 Å². The third-order valence-electron chi connectivity index (χ3n) is 11.8. The topological polar surface area (TPSA) is 25.8 Å². The largest absolute Gasteiger partial charge is 0.244 e. The first kappa shape index (κ1) is 27.2. The molecule has 0 saturated carbocycles. The summed E-state index contributed by atoms with van der Waals surface area (Å²) in [6.07, 6.45) is 5.43. The minimum atomic E-state index is -0.442. The second-order valence-electron chi connectivity index (χ2n) is 14.0. The molecule has 0 radical (unpaired) electrons. The van der Waals surface area contributed by atoms with Gasteiger partial charge < -0.3 is 0 Å². The molecule has 0 atom stereocenters. The smallest absolute Gasteiger partial charge is 0.115 e. The summed E-state index contributed by atoms with van der Waals surface area (Å²) in [5.74, 6) is 0. The third kappa shape index (κ3) is 3.28. The molecular weight excluding hydrogens is 617 g/mol. The maximum absolute atomic E-state index is 4.38. The average Bonchev–Trinajstić information content (AvgIpc) is 3.80. The van der Waals surface area contributed by atoms with Gasteiger partial charge in [0.25, 0.3) is 0 Å². The fraction of sp³-hybridized carbons (Fsp3) is 0.0204. The molecule has 9 aromatic rings. The molecule has 3 aliphatic rings. The van der Waals surface area contributed by atoms with Crippen molar-refractivity contribution >= 4 is 21.5 Å². The van der Waals surface area contributed by atoms with Crippen LogP contribution in [0.2, 0.25) is 0 Å². The number of hydrogen-bond acceptors (Lipinski definition) is 2. The summed E-state index contributed by atoms with van der Waals surface area (Å²) >= 11 is 0. The first-order valence-corrected chi connectivity index (χ1v) is 17.6. The highest BCUT2D eigenvalue weighted by Gasteiger charge is 2.53. The molecule has 3 aliphatic carbocycles. The highest BCUT2D eigenvalue weighted by molar-refractivity contribution is 6.23. The second-order valence-corrected chi connectivity index (χ2v) is 14.0. The molecule has 51 heavy (non-hydrogen) atoms. The molecule has 0 aliphatic heterocycles. The first-order chi connectivity index (χ1) is 25.3. The van der Waals surface area contributed by atoms with Crippen molar-refractivity contribution in [1.29, 1.82) is 0 Å². The van der Waals surface area contributed by atoms with Crippen molar-refractivity contribution in [3.63, 3.8) is 0 Å². The zero-order chi connectivity index (χ0) is 33.3. The van der Waals surface area contributed by atoms with Gasteiger partial charge in [-0.3, -0.25) is 0 Å². The van der Waals surface area contributed by atoms with Crippen LogP contribution >= 0.6 is 0 Å². The molecule has 8 aromatic carbocycles. The van der Waals surface area contributed by atoms with Crippen LogP contribution in [-0.4, -0.2) is 9.97 Å². The second kappa shape index (κ2) is 9.74. The molecule has 1 aromatic heterocycles. The molecule has 234 valence electrons. The van der Waals surface area contributed by atoms with Crippen molar-refractivity contribution in [3.8, 4) is 66.8 Å². The third-order valence-corrected chi connectivity index (χ3v) is 11.8. The van der Waals surface area contributed by atoms with Gasteiger partial charge in [-0.25, -0.2) is 9.97 Å². The van der Waals surface area contributed by atoms with Gasteiger partial charge in [0.05, 0.1) is 5.41 Å². The fourth-order valence-corrected chi connectivity index (χ4v) is 9.99. The Bertz CT molecular complexity index is 2920. The number of nitrogens with zero attached hydrogens (tertiary/aromatic N) is 2. The van der Waals surface area contributed by atoms with E-state index in [-0.39, 0.29) is 0 Å². The van der Waals surface area contributed by atoms with Gasteiger partial charge in [0, 0.05) is 18.0 Å². The van der Waals surface area contributed by atoms with Crippen molar-refractivity contribution in [2.75, 3.05) is 0 Å². The van der Waals surface area contributed by atoms with Crippen LogP contribution in [0.4, 0.5) is 0 Å². The van der Waals surface area contributed by atoms with Crippen molar-refractivity contribution in [3.05, 3.63) is 193 Å². The molecule has 0 fully saturated rings. The summed E-state index contributed by atoms with van der Waals surface area (Å²) in [5.41, 5.74) is 20.3. The summed E-state index contributed by atoms with van der Waals surface area (Å²) < 4.78 is 0. The normalized spacial score (nSPS) is 13.6. The molecule has 0 amide bonds. The van der Waals surface area contributed by atoms with Crippen LogP contribution in [-0.2, 0) is 5.41 Å². The van der Waals surface area contributed by atoms with E-state index in [0.717, 1.165) is 11.1 Å². The predicted octanol–water partition coefficient (Wildman–Crippen LogP) is 12.1. The fourth-order valence-electron chi connectivity index (χ4n) is 9.99. The zero-order valence-corrected chi connectivity index (χ0v) is 27.6. The minimum Gasteiger partial charge on any atom is -0.244 e. The Balaban J connectivity index is 1.30. The van der Waals surface area contributed by atoms with E-state index in [0.29, 0.717) is 0 Å². The van der Waals surface area contributed by atoms with Crippen LogP contribution in [0.1, 0.15) is 22.3 Å². The van der Waals surface area contributed by atoms with Crippen LogP contribution in [0, 0.1) is 0 Å². The van der Waals surface area contributed by atoms with E-state index in [2.05, 4.69) is 162 Å². The number of rotatable bonds is 2. The van der Waals surface area contributed by atoms with E-state index in [1.54, 1.807) is 6.33 Å². The molecule has 1 heterocycles. The van der Waals surface area contributed by atoms with E-state index in [9.17, 15) is 0 Å². The predicted molar refractivity (Wildman–Crippen MR) is 209 cm³/mol. The SMILES string of the molecule is c1ccc2c(c1)-c1ccccc1C21c2ccccc2-c2c1cc1c(c2-c2ccc(-c3cncnc3)c3ccccc23)-c2cccc3cccc-1c23. The molecule has 0 bridgehead atoms. The Morgan fingerprint density at radius 1 is 0.353 bits per heavy atom. The number of aromatic nitrogens is 2. The quantitative estimate of drug-likeness (QED) is 0.187. The van der Waals surface area contributed by atoms with Gasteiger partial charge in [0.2, 0.25) is 0 Å². The molecule has 2 nitrogen and oxygen atoms in total. The van der Waals surface area contributed by atoms with Gasteiger partial charge in [-0.1, -0.05) is 146 Å². The van der Waals surface area contributed by atoms with Gasteiger partial charge in [-0.15, -0.1) is 0 Å². The van der Waals surface area contributed by atoms with Crippen molar-refractivity contribution in [1.82, 2.24) is 9.97 Å². The maximum Gasteiger partial charge on any atom is 0.115 e. The van der Waals surface area contributed by atoms with E-state index in [4.69, 9.17) is 0 Å². The van der Waals surface area contributed by atoms with Crippen LogP contribution in [0.5, 0.6) is 0 Å². The lowest BCUT2D eigenvalue weighted by Crippen LogP contribution is -2.26. The van der Waals surface area contributed by atoms with Gasteiger partial charge in [-0.2, -0.15) is 0 Å². The molecule has 0 saturated heterocycles. The van der Waals surface area contributed by atoms with Gasteiger partial charge >= 0.3 is 0 Å². The monoisotopic (exact) mass is 644 g/mol. The Hall–Kier alpha value is -6.64. The summed E-state index contributed by atoms with van der Waals surface area (Å²) in [6.45, 7) is 0. The van der Waals surface area contributed by atoms with Crippen LogP contribution in [0.15, 0.2) is 170 Å². The molecule has 0 N–H and O–H groups in total. The van der Waals surface area contributed by atoms with Crippen molar-refractivity contribution < 1.29 is 0 Å². The Morgan fingerprint density at radius 2 is 0.902 bits per heavy atom. The lowest BCUT2D eigenvalue weighted by Gasteiger charge is -2.31. The van der Waals surface area contributed by atoms with Crippen LogP contribution in [0.3, 0.4) is 0 Å². The molecule has 0 unspecified atom stereocenters. The van der Waals surface area contributed by atoms with Crippen molar-refractivity contribution in [2.24, 2.45) is 0 Å². The average molecular weight is 645 g/mol. The molecule has 1 spiro atoms. The molecule has 2 heteroatoms. The summed E-state index contributed by atoms with van der Waals surface area (Å²) in [5, 5.41) is 5.05. The molecule has 12 rings (SSSR count). The number of benzene rings is 8. The number of fused-ring (bicyclic) bond motifs is 14. The molecular formula is C49H28N2. The van der Waals surface area contributed by atoms with Crippen LogP contribution < -0.4 is 0 Å². The van der Waals surface area contributed by atoms with Crippen LogP contribution in [0.25, 0.3) is 88.3 Å². The zero-order valence-electron chi connectivity index (χ0n) is 27.6. The Kier molecular flexibility index (Phi) is 5.20.